The summed E-state index contributed by atoms with van der Waals surface area (Å²) in [5.74, 6) is 1.11. The molecule has 8 aromatic heterocycles. The molecule has 0 saturated heterocycles. The van der Waals surface area contributed by atoms with Crippen molar-refractivity contribution in [1.29, 1.82) is 0 Å². The molecule has 0 atom stereocenters. The van der Waals surface area contributed by atoms with E-state index in [0.717, 1.165) is 154 Å². The Kier molecular flexibility index (Phi) is 22.0. The van der Waals surface area contributed by atoms with Gasteiger partial charge in [-0.25, -0.2) is 0 Å². The molecule has 0 unspecified atom stereocenters. The standard InChI is InChI=1S/C70H80N2O6S8/c1-5-9-13-17-21-25-37-71-67(73)55-57(69(71)75)65(85-63(55)49-31-29-41-79-49)51-35-33-47(81-51)53-43-45-59(77-39-27-23-19-15-11-7-3)62-46(60(61(45)83-53)78-40-28-24-20-16-12-8-4)44-54(84-62)48-34-36-52(82-48)66-58-56(64(86-66)50-32-30-42-80-50)68(74)72(70(58)76)38-26-22-18-14-10-6-2/h29-36,41-44H,5-28,37-40H2,1-4H3. The van der Waals surface area contributed by atoms with Crippen LogP contribution >= 0.6 is 90.7 Å². The fourth-order valence-corrected chi connectivity index (χ4v) is 21.0. The molecule has 86 heavy (non-hydrogen) atoms. The van der Waals surface area contributed by atoms with Gasteiger partial charge in [-0.2, -0.15) is 0 Å². The summed E-state index contributed by atoms with van der Waals surface area (Å²) in [5, 5.41) is 6.17. The van der Waals surface area contributed by atoms with E-state index in [9.17, 15) is 19.2 Å². The summed E-state index contributed by atoms with van der Waals surface area (Å²) in [6.45, 7) is 11.1. The first kappa shape index (κ1) is 62.8. The van der Waals surface area contributed by atoms with Gasteiger partial charge in [-0.3, -0.25) is 29.0 Å². The number of ether oxygens (including phenoxy) is 2. The van der Waals surface area contributed by atoms with Crippen molar-refractivity contribution in [2.24, 2.45) is 0 Å². The van der Waals surface area contributed by atoms with E-state index in [0.29, 0.717) is 48.6 Å². The second kappa shape index (κ2) is 30.2. The molecule has 10 heterocycles. The van der Waals surface area contributed by atoms with E-state index in [-0.39, 0.29) is 23.6 Å². The fraction of sp³-hybridized carbons (Fsp3) is 0.457. The van der Waals surface area contributed by atoms with E-state index < -0.39 is 0 Å². The number of carbonyl (C=O) groups is 4. The van der Waals surface area contributed by atoms with Gasteiger partial charge in [-0.15, -0.1) is 90.7 Å². The SMILES string of the molecule is CCCCCCCCOc1c2cc(-c3ccc(-c4sc(-c5cccs5)c5c4C(=O)N(CCCCCCCC)C5=O)s3)sc2c(OCCCCCCCC)c2cc(-c3ccc(-c4sc(-c5cccs5)c5c4C(=O)N(CCCCCCCC)C5=O)s3)sc12. The predicted molar refractivity (Wildman–Crippen MR) is 372 cm³/mol. The molecule has 454 valence electrons. The van der Waals surface area contributed by atoms with Crippen LogP contribution in [0.15, 0.2) is 71.4 Å². The average molecular weight is 1300 g/mol. The van der Waals surface area contributed by atoms with Gasteiger partial charge in [-0.1, -0.05) is 168 Å². The first-order valence-electron chi connectivity index (χ1n) is 31.9. The van der Waals surface area contributed by atoms with Crippen molar-refractivity contribution < 1.29 is 28.7 Å². The summed E-state index contributed by atoms with van der Waals surface area (Å²) in [5.41, 5.74) is 2.24. The van der Waals surface area contributed by atoms with Gasteiger partial charge in [0.05, 0.1) is 64.4 Å². The van der Waals surface area contributed by atoms with Crippen LogP contribution < -0.4 is 9.47 Å². The van der Waals surface area contributed by atoms with Crippen molar-refractivity contribution in [1.82, 2.24) is 9.80 Å². The molecule has 4 amide bonds. The Balaban J connectivity index is 0.953. The molecule has 9 aromatic rings. The maximum Gasteiger partial charge on any atom is 0.263 e. The van der Waals surface area contributed by atoms with Gasteiger partial charge in [0.1, 0.15) is 11.5 Å². The molecule has 0 fully saturated rings. The number of rotatable bonds is 36. The van der Waals surface area contributed by atoms with Gasteiger partial charge in [0.15, 0.2) is 0 Å². The highest BCUT2D eigenvalue weighted by Crippen LogP contribution is 2.57. The summed E-state index contributed by atoms with van der Waals surface area (Å²) in [7, 11) is 0. The highest BCUT2D eigenvalue weighted by molar-refractivity contribution is 7.31. The summed E-state index contributed by atoms with van der Waals surface area (Å²) in [6.07, 6.45) is 27.0. The lowest BCUT2D eigenvalue weighted by molar-refractivity contribution is 0.0636. The molecular formula is C70H80N2O6S8. The number of hydrogen-bond donors (Lipinski definition) is 0. The number of hydrogen-bond acceptors (Lipinski definition) is 14. The third-order valence-electron chi connectivity index (χ3n) is 16.6. The van der Waals surface area contributed by atoms with Crippen molar-refractivity contribution in [3.05, 3.63) is 93.7 Å². The molecule has 0 radical (unpaired) electrons. The number of imide groups is 2. The van der Waals surface area contributed by atoms with Crippen molar-refractivity contribution in [3.8, 4) is 70.0 Å². The zero-order valence-electron chi connectivity index (χ0n) is 50.3. The van der Waals surface area contributed by atoms with Gasteiger partial charge >= 0.3 is 0 Å². The van der Waals surface area contributed by atoms with Gasteiger partial charge in [0.25, 0.3) is 23.6 Å². The van der Waals surface area contributed by atoms with Crippen LogP contribution in [0.1, 0.15) is 223 Å². The normalized spacial score (nSPS) is 13.3. The summed E-state index contributed by atoms with van der Waals surface area (Å²) < 4.78 is 16.3. The molecule has 0 bridgehead atoms. The lowest BCUT2D eigenvalue weighted by Crippen LogP contribution is -2.31. The monoisotopic (exact) mass is 1300 g/mol. The first-order chi connectivity index (χ1) is 42.2. The number of benzene rings is 1. The van der Waals surface area contributed by atoms with Crippen LogP contribution in [0, 0.1) is 0 Å². The van der Waals surface area contributed by atoms with Crippen molar-refractivity contribution >= 4 is 134 Å². The predicted octanol–water partition coefficient (Wildman–Crippen LogP) is 23.9. The maximum absolute atomic E-state index is 14.5. The van der Waals surface area contributed by atoms with Crippen LogP contribution in [-0.2, 0) is 0 Å². The minimum atomic E-state index is -0.169. The molecule has 1 aromatic carbocycles. The number of unbranched alkanes of at least 4 members (excludes halogenated alkanes) is 20. The number of fused-ring (bicyclic) bond motifs is 4. The third kappa shape index (κ3) is 13.5. The largest absolute Gasteiger partial charge is 0.491 e. The fourth-order valence-electron chi connectivity index (χ4n) is 11.9. The summed E-state index contributed by atoms with van der Waals surface area (Å²) in [4.78, 5) is 72.5. The Morgan fingerprint density at radius 2 is 0.663 bits per heavy atom. The Hall–Kier alpha value is -4.78. The Labute approximate surface area is 540 Å². The zero-order valence-corrected chi connectivity index (χ0v) is 56.9. The number of thiophene rings is 8. The second-order valence-electron chi connectivity index (χ2n) is 23.0. The first-order valence-corrected chi connectivity index (χ1v) is 38.5. The highest BCUT2D eigenvalue weighted by Gasteiger charge is 2.44. The van der Waals surface area contributed by atoms with Gasteiger partial charge < -0.3 is 9.47 Å². The Morgan fingerprint density at radius 1 is 0.337 bits per heavy atom. The molecule has 0 spiro atoms. The lowest BCUT2D eigenvalue weighted by atomic mass is 10.1. The van der Waals surface area contributed by atoms with Crippen molar-refractivity contribution in [2.45, 2.75) is 182 Å². The maximum atomic E-state index is 14.5. The minimum absolute atomic E-state index is 0.163. The van der Waals surface area contributed by atoms with Crippen LogP contribution in [0.5, 0.6) is 11.5 Å². The lowest BCUT2D eigenvalue weighted by Gasteiger charge is -2.14. The Bertz CT molecular complexity index is 3460. The molecule has 8 nitrogen and oxygen atoms in total. The molecule has 0 aliphatic carbocycles. The molecule has 2 aliphatic rings. The summed E-state index contributed by atoms with van der Waals surface area (Å²) >= 11 is 13.2. The van der Waals surface area contributed by atoms with Gasteiger partial charge in [-0.05, 0) is 85.0 Å². The molecule has 11 rings (SSSR count). The number of amides is 4. The van der Waals surface area contributed by atoms with E-state index in [4.69, 9.17) is 9.47 Å². The number of nitrogens with zero attached hydrogens (tertiary/aromatic N) is 2. The van der Waals surface area contributed by atoms with E-state index in [1.807, 2.05) is 22.9 Å². The van der Waals surface area contributed by atoms with E-state index in [1.54, 1.807) is 90.7 Å². The van der Waals surface area contributed by atoms with Gasteiger partial charge in [0, 0.05) is 62.9 Å². The molecule has 0 saturated carbocycles. The van der Waals surface area contributed by atoms with Crippen LogP contribution in [0.4, 0.5) is 0 Å². The summed E-state index contributed by atoms with van der Waals surface area (Å²) in [6, 6.07) is 21.4. The molecule has 2 aliphatic heterocycles. The molecular weight excluding hydrogens is 1220 g/mol. The van der Waals surface area contributed by atoms with Crippen LogP contribution in [0.25, 0.3) is 78.7 Å². The van der Waals surface area contributed by atoms with E-state index >= 15 is 0 Å². The van der Waals surface area contributed by atoms with Crippen LogP contribution in [0.2, 0.25) is 0 Å². The second-order valence-corrected chi connectivity index (χ2v) is 31.2. The van der Waals surface area contributed by atoms with Crippen LogP contribution in [0.3, 0.4) is 0 Å². The van der Waals surface area contributed by atoms with Gasteiger partial charge in [0.2, 0.25) is 0 Å². The Morgan fingerprint density at radius 3 is 1.01 bits per heavy atom. The quantitative estimate of drug-likeness (QED) is 0.0287. The minimum Gasteiger partial charge on any atom is -0.491 e. The molecule has 16 heteroatoms. The van der Waals surface area contributed by atoms with Crippen molar-refractivity contribution in [2.75, 3.05) is 26.3 Å². The topological polar surface area (TPSA) is 93.2 Å². The third-order valence-corrected chi connectivity index (χ3v) is 26.3. The number of carbonyl (C=O) groups excluding carboxylic acids is 4. The van der Waals surface area contributed by atoms with E-state index in [2.05, 4.69) is 76.2 Å². The van der Waals surface area contributed by atoms with Crippen LogP contribution in [-0.4, -0.2) is 59.7 Å². The zero-order chi connectivity index (χ0) is 59.5. The molecule has 0 N–H and O–H groups in total. The van der Waals surface area contributed by atoms with Crippen molar-refractivity contribution in [3.63, 3.8) is 0 Å². The average Bonchev–Trinajstić information content (AvgIpc) is 1.74. The highest BCUT2D eigenvalue weighted by atomic mass is 32.1. The van der Waals surface area contributed by atoms with E-state index in [1.165, 1.54) is 99.7 Å². The smallest absolute Gasteiger partial charge is 0.263 e.